The lowest BCUT2D eigenvalue weighted by Gasteiger charge is -2.34. The highest BCUT2D eigenvalue weighted by Crippen LogP contribution is 2.27. The van der Waals surface area contributed by atoms with Crippen LogP contribution in [-0.2, 0) is 4.74 Å². The van der Waals surface area contributed by atoms with E-state index >= 15 is 0 Å². The van der Waals surface area contributed by atoms with E-state index in [1.807, 2.05) is 62.4 Å². The van der Waals surface area contributed by atoms with Gasteiger partial charge in [0.25, 0.3) is 5.91 Å². The Morgan fingerprint density at radius 1 is 1.06 bits per heavy atom. The molecule has 1 fully saturated rings. The van der Waals surface area contributed by atoms with Crippen LogP contribution in [0, 0.1) is 6.92 Å². The predicted octanol–water partition coefficient (Wildman–Crippen LogP) is 4.57. The van der Waals surface area contributed by atoms with Crippen molar-refractivity contribution in [1.29, 1.82) is 0 Å². The van der Waals surface area contributed by atoms with E-state index in [0.29, 0.717) is 38.3 Å². The van der Waals surface area contributed by atoms with Gasteiger partial charge in [-0.1, -0.05) is 31.2 Å². The maximum Gasteiger partial charge on any atom is 0.409 e. The minimum Gasteiger partial charge on any atom is -0.449 e. The topological polar surface area (TPSA) is 83.0 Å². The molecule has 0 saturated carbocycles. The number of amides is 2. The number of carbonyl (C=O) groups excluding carboxylic acids is 2. The van der Waals surface area contributed by atoms with Gasteiger partial charge in [-0.25, -0.2) is 9.78 Å². The van der Waals surface area contributed by atoms with Crippen LogP contribution in [0.5, 0.6) is 0 Å². The molecule has 178 valence electrons. The van der Waals surface area contributed by atoms with Crippen LogP contribution in [0.15, 0.2) is 48.5 Å². The first kappa shape index (κ1) is 23.7. The number of piperazine rings is 1. The van der Waals surface area contributed by atoms with Crippen molar-refractivity contribution in [1.82, 2.24) is 14.8 Å². The SMILES string of the molecule is CCCOC(=O)N1CCN(C(=O)c2ccc3c(C)cc(-c4cccc(C(C)O)c4)nc3c2)CC1. The van der Waals surface area contributed by atoms with E-state index in [2.05, 4.69) is 0 Å². The maximum atomic E-state index is 13.2. The number of fused-ring (bicyclic) bond motifs is 1. The van der Waals surface area contributed by atoms with E-state index in [4.69, 9.17) is 9.72 Å². The molecule has 1 atom stereocenters. The Bertz CT molecular complexity index is 1200. The van der Waals surface area contributed by atoms with Gasteiger partial charge in [0.05, 0.1) is 23.9 Å². The molecule has 1 unspecified atom stereocenters. The molecule has 1 saturated heterocycles. The zero-order valence-corrected chi connectivity index (χ0v) is 20.0. The van der Waals surface area contributed by atoms with Crippen LogP contribution < -0.4 is 0 Å². The molecular formula is C27H31N3O4. The number of aliphatic hydroxyl groups excluding tert-OH is 1. The minimum absolute atomic E-state index is 0.0653. The Kier molecular flexibility index (Phi) is 7.12. The highest BCUT2D eigenvalue weighted by molar-refractivity contribution is 5.98. The van der Waals surface area contributed by atoms with Crippen LogP contribution in [0.2, 0.25) is 0 Å². The summed E-state index contributed by atoms with van der Waals surface area (Å²) in [5.74, 6) is -0.0653. The number of hydrogen-bond acceptors (Lipinski definition) is 5. The first-order valence-corrected chi connectivity index (χ1v) is 11.8. The molecule has 1 N–H and O–H groups in total. The summed E-state index contributed by atoms with van der Waals surface area (Å²) in [6.45, 7) is 8.00. The van der Waals surface area contributed by atoms with Gasteiger partial charge in [0.2, 0.25) is 0 Å². The van der Waals surface area contributed by atoms with Gasteiger partial charge in [-0.15, -0.1) is 0 Å². The Balaban J connectivity index is 1.54. The van der Waals surface area contributed by atoms with Crippen LogP contribution in [0.1, 0.15) is 47.9 Å². The van der Waals surface area contributed by atoms with Gasteiger partial charge in [-0.05, 0) is 55.7 Å². The van der Waals surface area contributed by atoms with Crippen molar-refractivity contribution in [2.75, 3.05) is 32.8 Å². The van der Waals surface area contributed by atoms with E-state index in [0.717, 1.165) is 39.7 Å². The van der Waals surface area contributed by atoms with Crippen molar-refractivity contribution < 1.29 is 19.4 Å². The van der Waals surface area contributed by atoms with Crippen LogP contribution >= 0.6 is 0 Å². The second-order valence-corrected chi connectivity index (χ2v) is 8.75. The van der Waals surface area contributed by atoms with Crippen molar-refractivity contribution in [2.45, 2.75) is 33.3 Å². The molecule has 3 aromatic rings. The second-order valence-electron chi connectivity index (χ2n) is 8.75. The third kappa shape index (κ3) is 5.04. The third-order valence-corrected chi connectivity index (χ3v) is 6.18. The molecule has 2 amide bonds. The van der Waals surface area contributed by atoms with Gasteiger partial charge in [-0.2, -0.15) is 0 Å². The highest BCUT2D eigenvalue weighted by Gasteiger charge is 2.26. The van der Waals surface area contributed by atoms with Gasteiger partial charge in [0, 0.05) is 42.7 Å². The summed E-state index contributed by atoms with van der Waals surface area (Å²) in [5.41, 5.74) is 4.96. The summed E-state index contributed by atoms with van der Waals surface area (Å²) in [4.78, 5) is 33.5. The van der Waals surface area contributed by atoms with Crippen molar-refractivity contribution in [2.24, 2.45) is 0 Å². The zero-order valence-electron chi connectivity index (χ0n) is 20.0. The fourth-order valence-electron chi connectivity index (χ4n) is 4.20. The summed E-state index contributed by atoms with van der Waals surface area (Å²) in [6, 6.07) is 15.4. The lowest BCUT2D eigenvalue weighted by atomic mass is 10.0. The van der Waals surface area contributed by atoms with Crippen LogP contribution in [0.4, 0.5) is 4.79 Å². The molecule has 0 bridgehead atoms. The van der Waals surface area contributed by atoms with Crippen molar-refractivity contribution in [3.8, 4) is 11.3 Å². The average molecular weight is 462 g/mol. The van der Waals surface area contributed by atoms with Gasteiger partial charge in [0.15, 0.2) is 0 Å². The largest absolute Gasteiger partial charge is 0.449 e. The van der Waals surface area contributed by atoms with Crippen LogP contribution in [0.3, 0.4) is 0 Å². The van der Waals surface area contributed by atoms with Gasteiger partial charge in [0.1, 0.15) is 0 Å². The minimum atomic E-state index is -0.556. The van der Waals surface area contributed by atoms with Crippen molar-refractivity contribution >= 4 is 22.9 Å². The third-order valence-electron chi connectivity index (χ3n) is 6.18. The molecule has 34 heavy (non-hydrogen) atoms. The van der Waals surface area contributed by atoms with E-state index in [1.165, 1.54) is 0 Å². The monoisotopic (exact) mass is 461 g/mol. The number of rotatable bonds is 5. The lowest BCUT2D eigenvalue weighted by molar-refractivity contribution is 0.0560. The number of nitrogens with zero attached hydrogens (tertiary/aromatic N) is 3. The number of pyridine rings is 1. The number of hydrogen-bond donors (Lipinski definition) is 1. The molecule has 4 rings (SSSR count). The molecule has 2 heterocycles. The summed E-state index contributed by atoms with van der Waals surface area (Å²) in [6.07, 6.45) is -0.0842. The fourth-order valence-corrected chi connectivity index (χ4v) is 4.20. The summed E-state index contributed by atoms with van der Waals surface area (Å²) in [5, 5.41) is 10.9. The van der Waals surface area contributed by atoms with E-state index in [1.54, 1.807) is 16.7 Å². The lowest BCUT2D eigenvalue weighted by Crippen LogP contribution is -2.50. The fraction of sp³-hybridized carbons (Fsp3) is 0.370. The summed E-state index contributed by atoms with van der Waals surface area (Å²) >= 11 is 0. The summed E-state index contributed by atoms with van der Waals surface area (Å²) < 4.78 is 5.20. The first-order valence-electron chi connectivity index (χ1n) is 11.8. The molecule has 0 aliphatic carbocycles. The van der Waals surface area contributed by atoms with E-state index < -0.39 is 6.10 Å². The maximum absolute atomic E-state index is 13.2. The van der Waals surface area contributed by atoms with Crippen LogP contribution in [-0.4, -0.2) is 64.7 Å². The smallest absolute Gasteiger partial charge is 0.409 e. The Hall–Kier alpha value is -3.45. The number of carbonyl (C=O) groups is 2. The highest BCUT2D eigenvalue weighted by atomic mass is 16.6. The van der Waals surface area contributed by atoms with Crippen LogP contribution in [0.25, 0.3) is 22.2 Å². The number of benzene rings is 2. The quantitative estimate of drug-likeness (QED) is 0.602. The van der Waals surface area contributed by atoms with Gasteiger partial charge >= 0.3 is 6.09 Å². The Labute approximate surface area is 200 Å². The van der Waals surface area contributed by atoms with Gasteiger partial charge in [-0.3, -0.25) is 4.79 Å². The molecule has 2 aromatic carbocycles. The predicted molar refractivity (Wildman–Crippen MR) is 132 cm³/mol. The molecule has 7 nitrogen and oxygen atoms in total. The standard InChI is InChI=1S/C27H31N3O4/c1-4-14-34-27(33)30-12-10-29(11-13-30)26(32)22-8-9-23-18(2)15-24(28-25(23)17-22)21-7-5-6-20(16-21)19(3)31/h5-9,15-17,19,31H,4,10-14H2,1-3H3. The number of ether oxygens (including phenoxy) is 1. The van der Waals surface area contributed by atoms with E-state index in [-0.39, 0.29) is 12.0 Å². The number of aromatic nitrogens is 1. The van der Waals surface area contributed by atoms with Crippen molar-refractivity contribution in [3.63, 3.8) is 0 Å². The molecule has 1 aliphatic rings. The number of aliphatic hydroxyl groups is 1. The molecule has 0 radical (unpaired) electrons. The molecular weight excluding hydrogens is 430 g/mol. The van der Waals surface area contributed by atoms with Gasteiger partial charge < -0.3 is 19.6 Å². The Morgan fingerprint density at radius 3 is 2.50 bits per heavy atom. The summed E-state index contributed by atoms with van der Waals surface area (Å²) in [7, 11) is 0. The first-order chi connectivity index (χ1) is 16.4. The number of aryl methyl sites for hydroxylation is 1. The average Bonchev–Trinajstić information content (AvgIpc) is 2.86. The molecule has 1 aliphatic heterocycles. The molecule has 0 spiro atoms. The Morgan fingerprint density at radius 2 is 1.79 bits per heavy atom. The zero-order chi connectivity index (χ0) is 24.2. The van der Waals surface area contributed by atoms with Crippen molar-refractivity contribution in [3.05, 3.63) is 65.2 Å². The molecule has 1 aromatic heterocycles. The van der Waals surface area contributed by atoms with E-state index in [9.17, 15) is 14.7 Å². The normalized spacial score (nSPS) is 14.8. The molecule has 7 heteroatoms. The second kappa shape index (κ2) is 10.2.